The number of amides is 1. The molecule has 4 rings (SSSR count). The van der Waals surface area contributed by atoms with Crippen LogP contribution in [0.5, 0.6) is 5.75 Å². The molecule has 0 fully saturated rings. The van der Waals surface area contributed by atoms with Crippen molar-refractivity contribution in [3.05, 3.63) is 90.0 Å². The van der Waals surface area contributed by atoms with Crippen LogP contribution in [0, 0.1) is 0 Å². The highest BCUT2D eigenvalue weighted by Gasteiger charge is 2.25. The third kappa shape index (κ3) is 5.82. The number of methoxy groups -OCH3 is 1. The monoisotopic (exact) mass is 473 g/mol. The van der Waals surface area contributed by atoms with Crippen LogP contribution in [0.1, 0.15) is 36.1 Å². The third-order valence-electron chi connectivity index (χ3n) is 5.36. The fraction of sp³-hybridized carbons (Fsp3) is 0.231. The SMILES string of the molecule is CCCCc1ccc(-n2nnnc2SC(C(=O)Nc2ccc(OC)cc2)c2ccccc2)cc1. The first-order chi connectivity index (χ1) is 16.7. The average Bonchev–Trinajstić information content (AvgIpc) is 3.35. The van der Waals surface area contributed by atoms with Gasteiger partial charge in [-0.3, -0.25) is 4.79 Å². The number of nitrogens with one attached hydrogen (secondary N) is 1. The zero-order chi connectivity index (χ0) is 23.8. The van der Waals surface area contributed by atoms with Crippen LogP contribution in [0.3, 0.4) is 0 Å². The summed E-state index contributed by atoms with van der Waals surface area (Å²) in [7, 11) is 1.61. The molecule has 0 bridgehead atoms. The lowest BCUT2D eigenvalue weighted by Gasteiger charge is -2.17. The van der Waals surface area contributed by atoms with Gasteiger partial charge in [0.05, 0.1) is 12.8 Å². The lowest BCUT2D eigenvalue weighted by atomic mass is 10.1. The van der Waals surface area contributed by atoms with Gasteiger partial charge in [0.15, 0.2) is 0 Å². The molecule has 1 unspecified atom stereocenters. The van der Waals surface area contributed by atoms with Gasteiger partial charge in [-0.2, -0.15) is 4.68 Å². The molecule has 4 aromatic rings. The Hall–Kier alpha value is -3.65. The second-order valence-electron chi connectivity index (χ2n) is 7.77. The van der Waals surface area contributed by atoms with E-state index in [1.807, 2.05) is 66.7 Å². The van der Waals surface area contributed by atoms with Crippen LogP contribution in [-0.4, -0.2) is 33.2 Å². The molecule has 0 saturated carbocycles. The Morgan fingerprint density at radius 1 is 1.03 bits per heavy atom. The molecule has 8 heteroatoms. The molecule has 0 aliphatic rings. The molecule has 1 atom stereocenters. The lowest BCUT2D eigenvalue weighted by Crippen LogP contribution is -2.19. The number of benzene rings is 3. The van der Waals surface area contributed by atoms with Gasteiger partial charge in [-0.15, -0.1) is 5.10 Å². The van der Waals surface area contributed by atoms with E-state index in [0.717, 1.165) is 36.3 Å². The smallest absolute Gasteiger partial charge is 0.242 e. The van der Waals surface area contributed by atoms with Gasteiger partial charge in [-0.25, -0.2) is 0 Å². The lowest BCUT2D eigenvalue weighted by molar-refractivity contribution is -0.115. The predicted octanol–water partition coefficient (Wildman–Crippen LogP) is 5.49. The van der Waals surface area contributed by atoms with Crippen molar-refractivity contribution in [3.8, 4) is 11.4 Å². The van der Waals surface area contributed by atoms with Gasteiger partial charge in [0, 0.05) is 5.69 Å². The summed E-state index contributed by atoms with van der Waals surface area (Å²) in [5, 5.41) is 15.3. The fourth-order valence-electron chi connectivity index (χ4n) is 3.49. The normalized spacial score (nSPS) is 11.7. The molecule has 0 aliphatic carbocycles. The largest absolute Gasteiger partial charge is 0.497 e. The van der Waals surface area contributed by atoms with E-state index in [1.54, 1.807) is 11.8 Å². The van der Waals surface area contributed by atoms with E-state index in [4.69, 9.17) is 4.74 Å². The number of hydrogen-bond donors (Lipinski definition) is 1. The van der Waals surface area contributed by atoms with Crippen molar-refractivity contribution < 1.29 is 9.53 Å². The van der Waals surface area contributed by atoms with Crippen LogP contribution < -0.4 is 10.1 Å². The minimum atomic E-state index is -0.545. The molecular formula is C26H27N5O2S. The Balaban J connectivity index is 1.57. The van der Waals surface area contributed by atoms with Crippen LogP contribution in [-0.2, 0) is 11.2 Å². The number of tetrazole rings is 1. The van der Waals surface area contributed by atoms with Crippen molar-refractivity contribution in [1.82, 2.24) is 20.2 Å². The van der Waals surface area contributed by atoms with E-state index >= 15 is 0 Å². The summed E-state index contributed by atoms with van der Waals surface area (Å²) in [6.07, 6.45) is 3.37. The highest BCUT2D eigenvalue weighted by molar-refractivity contribution is 8.00. The second kappa shape index (κ2) is 11.5. The molecule has 1 aromatic heterocycles. The molecule has 174 valence electrons. The maximum atomic E-state index is 13.3. The van der Waals surface area contributed by atoms with Crippen LogP contribution in [0.2, 0.25) is 0 Å². The average molecular weight is 474 g/mol. The maximum Gasteiger partial charge on any atom is 0.242 e. The van der Waals surface area contributed by atoms with Crippen molar-refractivity contribution in [2.45, 2.75) is 36.6 Å². The summed E-state index contributed by atoms with van der Waals surface area (Å²) < 4.78 is 6.87. The summed E-state index contributed by atoms with van der Waals surface area (Å²) in [5.41, 5.74) is 3.70. The van der Waals surface area contributed by atoms with Crippen molar-refractivity contribution in [2.75, 3.05) is 12.4 Å². The molecule has 1 heterocycles. The van der Waals surface area contributed by atoms with Gasteiger partial charge in [-0.1, -0.05) is 67.6 Å². The molecule has 3 aromatic carbocycles. The minimum Gasteiger partial charge on any atom is -0.497 e. The summed E-state index contributed by atoms with van der Waals surface area (Å²) in [6.45, 7) is 2.19. The number of hydrogen-bond acceptors (Lipinski definition) is 6. The van der Waals surface area contributed by atoms with Gasteiger partial charge in [-0.05, 0) is 70.8 Å². The van der Waals surface area contributed by atoms with Crippen molar-refractivity contribution in [2.24, 2.45) is 0 Å². The number of ether oxygens (including phenoxy) is 1. The van der Waals surface area contributed by atoms with Crippen LogP contribution in [0.25, 0.3) is 5.69 Å². The number of nitrogens with zero attached hydrogens (tertiary/aromatic N) is 4. The number of thioether (sulfide) groups is 1. The topological polar surface area (TPSA) is 81.9 Å². The van der Waals surface area contributed by atoms with E-state index < -0.39 is 5.25 Å². The first-order valence-corrected chi connectivity index (χ1v) is 12.1. The second-order valence-corrected chi connectivity index (χ2v) is 8.84. The zero-order valence-corrected chi connectivity index (χ0v) is 20.0. The Kier molecular flexibility index (Phi) is 7.93. The van der Waals surface area contributed by atoms with Crippen molar-refractivity contribution in [3.63, 3.8) is 0 Å². The predicted molar refractivity (Wildman–Crippen MR) is 134 cm³/mol. The van der Waals surface area contributed by atoms with Gasteiger partial charge in [0.1, 0.15) is 11.0 Å². The van der Waals surface area contributed by atoms with Gasteiger partial charge >= 0.3 is 0 Å². The number of carbonyl (C=O) groups is 1. The first kappa shape index (κ1) is 23.5. The third-order valence-corrected chi connectivity index (χ3v) is 6.55. The first-order valence-electron chi connectivity index (χ1n) is 11.2. The van der Waals surface area contributed by atoms with Gasteiger partial charge in [0.2, 0.25) is 11.1 Å². The standard InChI is InChI=1S/C26H27N5O2S/c1-3-4-8-19-11-15-22(16-12-19)31-26(28-29-30-31)34-24(20-9-6-5-7-10-20)25(32)27-21-13-17-23(33-2)18-14-21/h5-7,9-18,24H,3-4,8H2,1-2H3,(H,27,32). The summed E-state index contributed by atoms with van der Waals surface area (Å²) >= 11 is 1.31. The van der Waals surface area contributed by atoms with Crippen LogP contribution >= 0.6 is 11.8 Å². The van der Waals surface area contributed by atoms with Crippen LogP contribution in [0.4, 0.5) is 5.69 Å². The number of carbonyl (C=O) groups excluding carboxylic acids is 1. The molecule has 0 aliphatic heterocycles. The minimum absolute atomic E-state index is 0.161. The van der Waals surface area contributed by atoms with E-state index in [2.05, 4.69) is 39.9 Å². The zero-order valence-electron chi connectivity index (χ0n) is 19.2. The Morgan fingerprint density at radius 2 is 1.76 bits per heavy atom. The summed E-state index contributed by atoms with van der Waals surface area (Å²) in [4.78, 5) is 13.3. The Labute approximate surface area is 203 Å². The molecule has 7 nitrogen and oxygen atoms in total. The number of unbranched alkanes of at least 4 members (excludes halogenated alkanes) is 1. The summed E-state index contributed by atoms with van der Waals surface area (Å²) in [5.74, 6) is 0.567. The number of rotatable bonds is 10. The molecule has 0 spiro atoms. The van der Waals surface area contributed by atoms with E-state index in [1.165, 1.54) is 17.3 Å². The van der Waals surface area contributed by atoms with Crippen molar-refractivity contribution in [1.29, 1.82) is 0 Å². The van der Waals surface area contributed by atoms with E-state index in [9.17, 15) is 4.79 Å². The van der Waals surface area contributed by atoms with Crippen molar-refractivity contribution >= 4 is 23.4 Å². The number of aromatic nitrogens is 4. The molecule has 34 heavy (non-hydrogen) atoms. The Bertz CT molecular complexity index is 1190. The molecule has 1 amide bonds. The summed E-state index contributed by atoms with van der Waals surface area (Å²) in [6, 6.07) is 25.1. The molecule has 1 N–H and O–H groups in total. The fourth-order valence-corrected chi connectivity index (χ4v) is 4.48. The molecule has 0 saturated heterocycles. The van der Waals surface area contributed by atoms with Gasteiger partial charge in [0.25, 0.3) is 0 Å². The highest BCUT2D eigenvalue weighted by Crippen LogP contribution is 2.36. The van der Waals surface area contributed by atoms with E-state index in [0.29, 0.717) is 10.8 Å². The highest BCUT2D eigenvalue weighted by atomic mass is 32.2. The molecule has 0 radical (unpaired) electrons. The van der Waals surface area contributed by atoms with E-state index in [-0.39, 0.29) is 5.91 Å². The maximum absolute atomic E-state index is 13.3. The quantitative estimate of drug-likeness (QED) is 0.307. The number of aryl methyl sites for hydroxylation is 1. The van der Waals surface area contributed by atoms with Crippen LogP contribution in [0.15, 0.2) is 84.0 Å². The number of anilines is 1. The van der Waals surface area contributed by atoms with Gasteiger partial charge < -0.3 is 10.1 Å². The Morgan fingerprint density at radius 3 is 2.44 bits per heavy atom. The molecular weight excluding hydrogens is 446 g/mol.